The number of benzene rings is 2. The van der Waals surface area contributed by atoms with Crippen molar-refractivity contribution in [3.05, 3.63) is 65.2 Å². The number of hydrogen-bond acceptors (Lipinski definition) is 2. The molecule has 0 heterocycles. The smallest absolute Gasteiger partial charge is 0.255 e. The third-order valence-electron chi connectivity index (χ3n) is 3.49. The third-order valence-corrected chi connectivity index (χ3v) is 3.49. The van der Waals surface area contributed by atoms with Crippen molar-refractivity contribution in [1.29, 1.82) is 0 Å². The molecule has 2 rings (SSSR count). The quantitative estimate of drug-likeness (QED) is 0.908. The first kappa shape index (κ1) is 15.8. The highest BCUT2D eigenvalue weighted by Gasteiger charge is 2.13. The molecule has 114 valence electrons. The van der Waals surface area contributed by atoms with Gasteiger partial charge in [-0.25, -0.2) is 0 Å². The Labute approximate surface area is 130 Å². The van der Waals surface area contributed by atoms with Gasteiger partial charge in [-0.2, -0.15) is 0 Å². The van der Waals surface area contributed by atoms with Crippen LogP contribution < -0.4 is 10.6 Å². The van der Waals surface area contributed by atoms with Crippen molar-refractivity contribution in [2.24, 2.45) is 0 Å². The minimum Gasteiger partial charge on any atom is -0.355 e. The van der Waals surface area contributed by atoms with E-state index in [1.807, 2.05) is 12.1 Å². The van der Waals surface area contributed by atoms with Gasteiger partial charge in [-0.05, 0) is 35.7 Å². The first-order valence-electron chi connectivity index (χ1n) is 7.25. The van der Waals surface area contributed by atoms with E-state index in [2.05, 4.69) is 24.5 Å². The lowest BCUT2D eigenvalue weighted by Gasteiger charge is -2.11. The van der Waals surface area contributed by atoms with Crippen molar-refractivity contribution >= 4 is 17.5 Å². The lowest BCUT2D eigenvalue weighted by molar-refractivity contribution is 0.0964. The summed E-state index contributed by atoms with van der Waals surface area (Å²) in [4.78, 5) is 24.1. The van der Waals surface area contributed by atoms with E-state index in [0.717, 1.165) is 0 Å². The lowest BCUT2D eigenvalue weighted by Crippen LogP contribution is -2.21. The summed E-state index contributed by atoms with van der Waals surface area (Å²) < 4.78 is 0. The molecule has 4 nitrogen and oxygen atoms in total. The first-order valence-corrected chi connectivity index (χ1v) is 7.25. The molecule has 0 aromatic heterocycles. The zero-order chi connectivity index (χ0) is 16.1. The zero-order valence-electron chi connectivity index (χ0n) is 13.0. The van der Waals surface area contributed by atoms with E-state index in [4.69, 9.17) is 0 Å². The molecule has 0 fully saturated rings. The second-order valence-corrected chi connectivity index (χ2v) is 5.36. The summed E-state index contributed by atoms with van der Waals surface area (Å²) >= 11 is 0. The van der Waals surface area contributed by atoms with E-state index in [0.29, 0.717) is 22.7 Å². The molecular weight excluding hydrogens is 276 g/mol. The lowest BCUT2D eigenvalue weighted by atomic mass is 10.0. The molecule has 0 bridgehead atoms. The van der Waals surface area contributed by atoms with Crippen molar-refractivity contribution in [3.63, 3.8) is 0 Å². The molecule has 0 atom stereocenters. The summed E-state index contributed by atoms with van der Waals surface area (Å²) in [6.07, 6.45) is 0. The van der Waals surface area contributed by atoms with E-state index in [1.54, 1.807) is 43.4 Å². The molecule has 2 aromatic rings. The molecule has 0 aliphatic heterocycles. The number of carbonyl (C=O) groups is 2. The summed E-state index contributed by atoms with van der Waals surface area (Å²) in [7, 11) is 1.56. The van der Waals surface area contributed by atoms with Crippen LogP contribution in [0.3, 0.4) is 0 Å². The molecule has 0 saturated carbocycles. The van der Waals surface area contributed by atoms with Crippen LogP contribution in [0.4, 0.5) is 5.69 Å². The van der Waals surface area contributed by atoms with Gasteiger partial charge in [-0.1, -0.05) is 38.1 Å². The molecule has 0 unspecified atom stereocenters. The van der Waals surface area contributed by atoms with Crippen LogP contribution in [0.5, 0.6) is 0 Å². The van der Waals surface area contributed by atoms with Crippen LogP contribution >= 0.6 is 0 Å². The molecule has 4 heteroatoms. The average Bonchev–Trinajstić information content (AvgIpc) is 2.54. The Hall–Kier alpha value is -2.62. The van der Waals surface area contributed by atoms with Crippen LogP contribution in [-0.4, -0.2) is 18.9 Å². The van der Waals surface area contributed by atoms with Gasteiger partial charge in [0.15, 0.2) is 0 Å². The van der Waals surface area contributed by atoms with E-state index in [1.165, 1.54) is 5.56 Å². The topological polar surface area (TPSA) is 58.2 Å². The van der Waals surface area contributed by atoms with Gasteiger partial charge >= 0.3 is 0 Å². The Morgan fingerprint density at radius 2 is 1.55 bits per heavy atom. The number of hydrogen-bond donors (Lipinski definition) is 2. The number of carbonyl (C=O) groups excluding carboxylic acids is 2. The highest BCUT2D eigenvalue weighted by atomic mass is 16.2. The van der Waals surface area contributed by atoms with E-state index in [9.17, 15) is 9.59 Å². The first-order chi connectivity index (χ1) is 10.5. The molecule has 2 aromatic carbocycles. The summed E-state index contributed by atoms with van der Waals surface area (Å²) in [6, 6.07) is 14.4. The summed E-state index contributed by atoms with van der Waals surface area (Å²) in [6.45, 7) is 4.21. The summed E-state index contributed by atoms with van der Waals surface area (Å²) in [5.74, 6) is -0.0381. The number of para-hydroxylation sites is 1. The molecule has 2 N–H and O–H groups in total. The maximum Gasteiger partial charge on any atom is 0.255 e. The van der Waals surface area contributed by atoms with E-state index < -0.39 is 0 Å². The van der Waals surface area contributed by atoms with Gasteiger partial charge in [-0.3, -0.25) is 9.59 Å². The third kappa shape index (κ3) is 3.52. The molecule has 0 saturated heterocycles. The van der Waals surface area contributed by atoms with Crippen LogP contribution in [0.25, 0.3) is 0 Å². The number of anilines is 1. The number of amides is 2. The standard InChI is InChI=1S/C18H20N2O2/c1-12(2)13-8-10-14(11-9-13)17(21)20-16-7-5-4-6-15(16)18(22)19-3/h4-12H,1-3H3,(H,19,22)(H,20,21). The molecular formula is C18H20N2O2. The van der Waals surface area contributed by atoms with E-state index >= 15 is 0 Å². The predicted molar refractivity (Wildman–Crippen MR) is 88.3 cm³/mol. The van der Waals surface area contributed by atoms with Crippen molar-refractivity contribution in [2.45, 2.75) is 19.8 Å². The maximum absolute atomic E-state index is 12.3. The summed E-state index contributed by atoms with van der Waals surface area (Å²) in [5.41, 5.74) is 2.69. The van der Waals surface area contributed by atoms with Crippen molar-refractivity contribution in [1.82, 2.24) is 5.32 Å². The van der Waals surface area contributed by atoms with Gasteiger partial charge in [0.2, 0.25) is 0 Å². The van der Waals surface area contributed by atoms with Gasteiger partial charge in [-0.15, -0.1) is 0 Å². The Balaban J connectivity index is 2.20. The van der Waals surface area contributed by atoms with Gasteiger partial charge in [0.1, 0.15) is 0 Å². The fourth-order valence-electron chi connectivity index (χ4n) is 2.14. The molecule has 0 aliphatic carbocycles. The molecule has 0 spiro atoms. The fourth-order valence-corrected chi connectivity index (χ4v) is 2.14. The molecule has 22 heavy (non-hydrogen) atoms. The second kappa shape index (κ2) is 6.89. The minimum absolute atomic E-state index is 0.230. The van der Waals surface area contributed by atoms with Crippen LogP contribution in [0.15, 0.2) is 48.5 Å². The van der Waals surface area contributed by atoms with Crippen LogP contribution in [0.2, 0.25) is 0 Å². The monoisotopic (exact) mass is 296 g/mol. The Bertz CT molecular complexity index is 676. The molecule has 2 amide bonds. The normalized spacial score (nSPS) is 10.4. The van der Waals surface area contributed by atoms with Gasteiger partial charge in [0.05, 0.1) is 11.3 Å². The largest absolute Gasteiger partial charge is 0.355 e. The van der Waals surface area contributed by atoms with Crippen LogP contribution in [0.1, 0.15) is 46.0 Å². The van der Waals surface area contributed by atoms with E-state index in [-0.39, 0.29) is 11.8 Å². The second-order valence-electron chi connectivity index (χ2n) is 5.36. The average molecular weight is 296 g/mol. The minimum atomic E-state index is -0.231. The van der Waals surface area contributed by atoms with Gasteiger partial charge < -0.3 is 10.6 Å². The fraction of sp³-hybridized carbons (Fsp3) is 0.222. The maximum atomic E-state index is 12.3. The zero-order valence-corrected chi connectivity index (χ0v) is 13.0. The Morgan fingerprint density at radius 1 is 0.909 bits per heavy atom. The molecule has 0 radical (unpaired) electrons. The van der Waals surface area contributed by atoms with Crippen molar-refractivity contribution < 1.29 is 9.59 Å². The van der Waals surface area contributed by atoms with Crippen LogP contribution in [-0.2, 0) is 0 Å². The SMILES string of the molecule is CNC(=O)c1ccccc1NC(=O)c1ccc(C(C)C)cc1. The van der Waals surface area contributed by atoms with Crippen LogP contribution in [0, 0.1) is 0 Å². The highest BCUT2D eigenvalue weighted by Crippen LogP contribution is 2.18. The van der Waals surface area contributed by atoms with Crippen molar-refractivity contribution in [2.75, 3.05) is 12.4 Å². The highest BCUT2D eigenvalue weighted by molar-refractivity contribution is 6.08. The Morgan fingerprint density at radius 3 is 2.14 bits per heavy atom. The van der Waals surface area contributed by atoms with Gasteiger partial charge in [0.25, 0.3) is 11.8 Å². The number of rotatable bonds is 4. The predicted octanol–water partition coefficient (Wildman–Crippen LogP) is 3.42. The van der Waals surface area contributed by atoms with Gasteiger partial charge in [0, 0.05) is 12.6 Å². The molecule has 0 aliphatic rings. The number of nitrogens with one attached hydrogen (secondary N) is 2. The Kier molecular flexibility index (Phi) is 4.94. The van der Waals surface area contributed by atoms with Crippen molar-refractivity contribution in [3.8, 4) is 0 Å². The summed E-state index contributed by atoms with van der Waals surface area (Å²) in [5, 5.41) is 5.36.